The van der Waals surface area contributed by atoms with E-state index in [-0.39, 0.29) is 0 Å². The molecule has 30 heavy (non-hydrogen) atoms. The summed E-state index contributed by atoms with van der Waals surface area (Å²) < 4.78 is 16.7. The van der Waals surface area contributed by atoms with Crippen LogP contribution in [-0.4, -0.2) is 20.0 Å². The highest BCUT2D eigenvalue weighted by molar-refractivity contribution is 7.69. The van der Waals surface area contributed by atoms with Crippen LogP contribution in [0.2, 0.25) is 0 Å². The second kappa shape index (κ2) is 11.5. The van der Waals surface area contributed by atoms with Gasteiger partial charge in [-0.15, -0.1) is 0 Å². The summed E-state index contributed by atoms with van der Waals surface area (Å²) in [6, 6.07) is 16.2. The minimum Gasteiger partial charge on any atom is -0.333 e. The van der Waals surface area contributed by atoms with Crippen LogP contribution in [0, 0.1) is 0 Å². The molecule has 2 aliphatic rings. The van der Waals surface area contributed by atoms with Gasteiger partial charge >= 0.3 is 0 Å². The zero-order valence-corrected chi connectivity index (χ0v) is 21.8. The number of nitrogens with one attached hydrogen (secondary N) is 1. The Balaban J connectivity index is 0.000000258. The molecule has 2 aliphatic heterocycles. The number of allylic oxidation sites excluding steroid dienone is 2. The number of fused-ring (bicyclic) bond motifs is 2. The molecule has 2 aromatic rings. The number of para-hydroxylation sites is 1. The van der Waals surface area contributed by atoms with E-state index in [1.165, 1.54) is 10.9 Å². The number of nitrogens with zero attached hydrogens (tertiary/aromatic N) is 1. The molecule has 0 aliphatic carbocycles. The summed E-state index contributed by atoms with van der Waals surface area (Å²) in [5.41, 5.74) is 4.51. The topological polar surface area (TPSA) is 41.5 Å². The van der Waals surface area contributed by atoms with Gasteiger partial charge in [0.05, 0.1) is 5.69 Å². The summed E-state index contributed by atoms with van der Waals surface area (Å²) in [6.45, 7) is 18.4. The molecular weight excluding hydrogens is 406 g/mol. The van der Waals surface area contributed by atoms with Crippen LogP contribution in [0.15, 0.2) is 63.9 Å². The number of rotatable bonds is 0. The van der Waals surface area contributed by atoms with Crippen LogP contribution in [-0.2, 0) is 4.57 Å². The third-order valence-electron chi connectivity index (χ3n) is 4.85. The van der Waals surface area contributed by atoms with Crippen LogP contribution in [0.4, 0.5) is 11.4 Å². The van der Waals surface area contributed by atoms with Crippen molar-refractivity contribution in [2.75, 3.05) is 25.1 Å². The molecule has 2 heterocycles. The lowest BCUT2D eigenvalue weighted by Crippen LogP contribution is -2.02. The van der Waals surface area contributed by atoms with Crippen LogP contribution >= 0.6 is 14.3 Å². The van der Waals surface area contributed by atoms with Gasteiger partial charge in [-0.1, -0.05) is 64.1 Å². The first kappa shape index (κ1) is 26.2. The van der Waals surface area contributed by atoms with Crippen LogP contribution in [0.3, 0.4) is 0 Å². The van der Waals surface area contributed by atoms with Gasteiger partial charge in [-0.3, -0.25) is 9.31 Å². The molecule has 4 rings (SSSR count). The molecule has 0 saturated carbocycles. The summed E-state index contributed by atoms with van der Waals surface area (Å²) in [4.78, 5) is 0. The monoisotopic (exact) mass is 444 g/mol. The number of anilines is 1. The van der Waals surface area contributed by atoms with E-state index in [1.54, 1.807) is 6.66 Å². The van der Waals surface area contributed by atoms with Crippen molar-refractivity contribution in [3.63, 3.8) is 0 Å². The Labute approximate surface area is 184 Å². The van der Waals surface area contributed by atoms with E-state index in [0.29, 0.717) is 0 Å². The SMILES string of the molecule is CC.CC.CC1=Cc2ccccc2N=P1(C)C.CC1=Cc2ccccc2NP1(C)=O. The first-order valence-corrected chi connectivity index (χ1v) is 15.5. The van der Waals surface area contributed by atoms with Gasteiger partial charge in [-0.05, 0) is 69.4 Å². The van der Waals surface area contributed by atoms with Crippen LogP contribution in [0.5, 0.6) is 0 Å². The highest BCUT2D eigenvalue weighted by atomic mass is 31.2. The predicted molar refractivity (Wildman–Crippen MR) is 141 cm³/mol. The minimum absolute atomic E-state index is 0.936. The van der Waals surface area contributed by atoms with Gasteiger partial charge in [0.1, 0.15) is 0 Å². The summed E-state index contributed by atoms with van der Waals surface area (Å²) in [5.74, 6) is 0. The molecular formula is C25H38N2OP2. The van der Waals surface area contributed by atoms with Crippen molar-refractivity contribution >= 4 is 37.9 Å². The van der Waals surface area contributed by atoms with E-state index < -0.39 is 14.3 Å². The third kappa shape index (κ3) is 6.59. The van der Waals surface area contributed by atoms with Crippen LogP contribution in [0.25, 0.3) is 12.2 Å². The quantitative estimate of drug-likeness (QED) is 0.411. The van der Waals surface area contributed by atoms with E-state index in [2.05, 4.69) is 55.7 Å². The molecule has 0 fully saturated rings. The van der Waals surface area contributed by atoms with Crippen molar-refractivity contribution in [1.82, 2.24) is 0 Å². The van der Waals surface area contributed by atoms with Crippen LogP contribution in [0.1, 0.15) is 52.7 Å². The fourth-order valence-corrected chi connectivity index (χ4v) is 5.38. The fraction of sp³-hybridized carbons (Fsp3) is 0.360. The predicted octanol–water partition coefficient (Wildman–Crippen LogP) is 9.59. The van der Waals surface area contributed by atoms with E-state index in [1.807, 2.05) is 65.0 Å². The lowest BCUT2D eigenvalue weighted by molar-refractivity contribution is 0.586. The molecule has 2 aromatic carbocycles. The maximum absolute atomic E-state index is 11.9. The highest BCUT2D eigenvalue weighted by Crippen LogP contribution is 2.56. The zero-order chi connectivity index (χ0) is 22.9. The Hall–Kier alpha value is -1.82. The van der Waals surface area contributed by atoms with E-state index in [0.717, 1.165) is 22.3 Å². The Morgan fingerprint density at radius 3 is 1.87 bits per heavy atom. The van der Waals surface area contributed by atoms with Gasteiger partial charge in [0.15, 0.2) is 7.29 Å². The molecule has 5 heteroatoms. The van der Waals surface area contributed by atoms with Crippen molar-refractivity contribution in [2.45, 2.75) is 41.5 Å². The van der Waals surface area contributed by atoms with Gasteiger partial charge in [-0.25, -0.2) is 0 Å². The third-order valence-corrected chi connectivity index (χ3v) is 9.57. The lowest BCUT2D eigenvalue weighted by atomic mass is 10.2. The molecule has 0 saturated heterocycles. The van der Waals surface area contributed by atoms with Gasteiger partial charge in [0.2, 0.25) is 0 Å². The second-order valence-electron chi connectivity index (χ2n) is 7.25. The van der Waals surface area contributed by atoms with Crippen molar-refractivity contribution in [3.05, 3.63) is 70.3 Å². The average Bonchev–Trinajstić information content (AvgIpc) is 2.73. The summed E-state index contributed by atoms with van der Waals surface area (Å²) >= 11 is 0. The Kier molecular flexibility index (Phi) is 10.1. The van der Waals surface area contributed by atoms with E-state index in [4.69, 9.17) is 4.74 Å². The largest absolute Gasteiger partial charge is 0.333 e. The number of benzene rings is 2. The van der Waals surface area contributed by atoms with Gasteiger partial charge in [0, 0.05) is 23.2 Å². The normalized spacial score (nSPS) is 19.6. The fourth-order valence-electron chi connectivity index (χ4n) is 2.82. The molecule has 3 nitrogen and oxygen atoms in total. The van der Waals surface area contributed by atoms with Gasteiger partial charge < -0.3 is 5.09 Å². The molecule has 1 atom stereocenters. The molecule has 0 aromatic heterocycles. The number of hydrogen-bond acceptors (Lipinski definition) is 2. The minimum atomic E-state index is -2.30. The molecule has 1 unspecified atom stereocenters. The van der Waals surface area contributed by atoms with Gasteiger partial charge in [-0.2, -0.15) is 0 Å². The maximum atomic E-state index is 11.9. The van der Waals surface area contributed by atoms with E-state index >= 15 is 0 Å². The van der Waals surface area contributed by atoms with E-state index in [9.17, 15) is 4.57 Å². The first-order valence-electron chi connectivity index (χ1n) is 10.7. The number of hydrogen-bond donors (Lipinski definition) is 1. The van der Waals surface area contributed by atoms with Crippen molar-refractivity contribution in [1.29, 1.82) is 0 Å². The molecule has 0 spiro atoms. The summed E-state index contributed by atoms with van der Waals surface area (Å²) in [6.07, 6.45) is 4.27. The molecule has 0 radical (unpaired) electrons. The zero-order valence-electron chi connectivity index (χ0n) is 20.0. The standard InChI is InChI=1S/C11H14NP.C10H12NOP.2C2H6/c1-9-8-10-6-4-5-7-11(10)12-13(9,2)3;1-8-7-9-5-3-4-6-10(9)11-13(8,2)12;2*1-2/h4-8H,1-3H3;3-7H,1-2H3,(H,11,12);2*1-2H3. The maximum Gasteiger partial charge on any atom is 0.191 e. The molecule has 0 amide bonds. The Morgan fingerprint density at radius 1 is 0.733 bits per heavy atom. The average molecular weight is 445 g/mol. The van der Waals surface area contributed by atoms with Crippen molar-refractivity contribution in [2.24, 2.45) is 4.74 Å². The van der Waals surface area contributed by atoms with Crippen LogP contribution < -0.4 is 5.09 Å². The molecule has 164 valence electrons. The molecule has 1 N–H and O–H groups in total. The van der Waals surface area contributed by atoms with Gasteiger partial charge in [0.25, 0.3) is 0 Å². The molecule has 0 bridgehead atoms. The summed E-state index contributed by atoms with van der Waals surface area (Å²) in [7, 11) is -3.47. The summed E-state index contributed by atoms with van der Waals surface area (Å²) in [5, 5.41) is 5.45. The second-order valence-corrected chi connectivity index (χ2v) is 13.7. The Bertz CT molecular complexity index is 1010. The Morgan fingerprint density at radius 2 is 1.23 bits per heavy atom. The lowest BCUT2D eigenvalue weighted by Gasteiger charge is -2.23. The first-order chi connectivity index (χ1) is 14.2. The highest BCUT2D eigenvalue weighted by Gasteiger charge is 2.22. The van der Waals surface area contributed by atoms with Crippen molar-refractivity contribution in [3.8, 4) is 0 Å². The smallest absolute Gasteiger partial charge is 0.191 e. The van der Waals surface area contributed by atoms with Crippen molar-refractivity contribution < 1.29 is 4.57 Å².